The third-order valence-corrected chi connectivity index (χ3v) is 5.01. The van der Waals surface area contributed by atoms with Crippen molar-refractivity contribution in [1.29, 1.82) is 0 Å². The summed E-state index contributed by atoms with van der Waals surface area (Å²) < 4.78 is 7.42. The van der Waals surface area contributed by atoms with Crippen molar-refractivity contribution in [2.75, 3.05) is 19.7 Å². The zero-order chi connectivity index (χ0) is 16.7. The van der Waals surface area contributed by atoms with Gasteiger partial charge in [-0.2, -0.15) is 5.10 Å². The Morgan fingerprint density at radius 2 is 2.29 bits per heavy atom. The molecule has 1 aliphatic rings. The Balaban J connectivity index is 1.53. The van der Waals surface area contributed by atoms with E-state index in [0.717, 1.165) is 28.7 Å². The van der Waals surface area contributed by atoms with E-state index in [1.54, 1.807) is 10.5 Å². The van der Waals surface area contributed by atoms with Crippen LogP contribution in [0.5, 0.6) is 0 Å². The predicted octanol–water partition coefficient (Wildman–Crippen LogP) is 1.06. The molecule has 9 heteroatoms. The second kappa shape index (κ2) is 6.08. The van der Waals surface area contributed by atoms with Gasteiger partial charge in [0.25, 0.3) is 5.56 Å². The highest BCUT2D eigenvalue weighted by Crippen LogP contribution is 2.20. The number of morpholine rings is 1. The lowest BCUT2D eigenvalue weighted by molar-refractivity contribution is -0.0374. The minimum Gasteiger partial charge on any atom is -0.367 e. The summed E-state index contributed by atoms with van der Waals surface area (Å²) >= 11 is 1.49. The van der Waals surface area contributed by atoms with Gasteiger partial charge in [0.05, 0.1) is 12.3 Å². The molecule has 1 aliphatic heterocycles. The van der Waals surface area contributed by atoms with Crippen molar-refractivity contribution in [3.05, 3.63) is 44.8 Å². The summed E-state index contributed by atoms with van der Waals surface area (Å²) in [6.45, 7) is 6.49. The highest BCUT2D eigenvalue weighted by Gasteiger charge is 2.25. The van der Waals surface area contributed by atoms with E-state index in [9.17, 15) is 4.79 Å². The maximum Gasteiger partial charge on any atom is 0.259 e. The molecule has 1 saturated heterocycles. The molecule has 0 aliphatic carbocycles. The van der Waals surface area contributed by atoms with Gasteiger partial charge < -0.3 is 4.74 Å². The zero-order valence-electron chi connectivity index (χ0n) is 13.5. The van der Waals surface area contributed by atoms with Crippen molar-refractivity contribution in [3.63, 3.8) is 0 Å². The number of aryl methyl sites for hydroxylation is 2. The van der Waals surface area contributed by atoms with Crippen LogP contribution in [0.3, 0.4) is 0 Å². The first-order chi connectivity index (χ1) is 11.6. The average molecular weight is 346 g/mol. The summed E-state index contributed by atoms with van der Waals surface area (Å²) in [5.74, 6) is 1.45. The van der Waals surface area contributed by atoms with E-state index in [2.05, 4.69) is 25.1 Å². The number of hydrogen-bond acceptors (Lipinski definition) is 7. The molecule has 8 nitrogen and oxygen atoms in total. The molecule has 0 spiro atoms. The van der Waals surface area contributed by atoms with E-state index in [1.165, 1.54) is 11.3 Å². The Morgan fingerprint density at radius 1 is 1.42 bits per heavy atom. The molecule has 0 unspecified atom stereocenters. The topological polar surface area (TPSA) is 88.4 Å². The van der Waals surface area contributed by atoms with Gasteiger partial charge in [0, 0.05) is 36.8 Å². The first-order valence-corrected chi connectivity index (χ1v) is 8.68. The van der Waals surface area contributed by atoms with Crippen LogP contribution in [-0.4, -0.2) is 49.2 Å². The fraction of sp³-hybridized carbons (Fsp3) is 0.467. The van der Waals surface area contributed by atoms with Crippen LogP contribution in [0.4, 0.5) is 0 Å². The molecule has 3 aromatic heterocycles. The maximum absolute atomic E-state index is 12.3. The predicted molar refractivity (Wildman–Crippen MR) is 89.2 cm³/mol. The van der Waals surface area contributed by atoms with Crippen LogP contribution < -0.4 is 5.56 Å². The first kappa shape index (κ1) is 15.4. The van der Waals surface area contributed by atoms with E-state index in [-0.39, 0.29) is 11.7 Å². The van der Waals surface area contributed by atoms with Crippen molar-refractivity contribution in [2.45, 2.75) is 26.5 Å². The number of aromatic amines is 1. The third-order valence-electron chi connectivity index (χ3n) is 4.07. The molecule has 1 N–H and O–H groups in total. The Labute approximate surface area is 142 Å². The van der Waals surface area contributed by atoms with E-state index in [4.69, 9.17) is 4.74 Å². The fourth-order valence-electron chi connectivity index (χ4n) is 2.92. The summed E-state index contributed by atoms with van der Waals surface area (Å²) in [5, 5.41) is 8.98. The van der Waals surface area contributed by atoms with Crippen LogP contribution in [0.2, 0.25) is 0 Å². The minimum absolute atomic E-state index is 0.0249. The lowest BCUT2D eigenvalue weighted by Gasteiger charge is -2.31. The number of fused-ring (bicyclic) bond motifs is 1. The number of nitrogens with zero attached hydrogens (tertiary/aromatic N) is 5. The van der Waals surface area contributed by atoms with Gasteiger partial charge in [-0.05, 0) is 13.8 Å². The molecule has 126 valence electrons. The number of aromatic nitrogens is 5. The van der Waals surface area contributed by atoms with Gasteiger partial charge in [0.15, 0.2) is 10.8 Å². The second-order valence-electron chi connectivity index (χ2n) is 5.95. The highest BCUT2D eigenvalue weighted by atomic mass is 32.1. The van der Waals surface area contributed by atoms with Crippen LogP contribution >= 0.6 is 11.3 Å². The quantitative estimate of drug-likeness (QED) is 0.763. The molecule has 0 radical (unpaired) electrons. The molecule has 0 saturated carbocycles. The standard InChI is InChI=1S/C15H18N6O2S/c1-9-8-24-15-17-11(5-13(22)21(9)15)6-20-3-4-23-12(7-20)14-16-10(2)18-19-14/h5,8,12H,3-4,6-7H2,1-2H3,(H,16,18,19)/t12-/m1/s1. The lowest BCUT2D eigenvalue weighted by Crippen LogP contribution is -2.38. The number of H-pyrrole nitrogens is 1. The molecule has 4 rings (SSSR count). The van der Waals surface area contributed by atoms with Gasteiger partial charge in [-0.25, -0.2) is 9.97 Å². The summed E-state index contributed by atoms with van der Waals surface area (Å²) in [6, 6.07) is 1.62. The molecule has 3 aromatic rings. The smallest absolute Gasteiger partial charge is 0.259 e. The summed E-state index contributed by atoms with van der Waals surface area (Å²) in [4.78, 5) is 24.2. The monoisotopic (exact) mass is 346 g/mol. The normalized spacial score (nSPS) is 19.2. The lowest BCUT2D eigenvalue weighted by atomic mass is 10.2. The Morgan fingerprint density at radius 3 is 3.08 bits per heavy atom. The van der Waals surface area contributed by atoms with Crippen molar-refractivity contribution in [2.24, 2.45) is 0 Å². The number of ether oxygens (including phenoxy) is 1. The van der Waals surface area contributed by atoms with Crippen LogP contribution in [0.25, 0.3) is 4.96 Å². The highest BCUT2D eigenvalue weighted by molar-refractivity contribution is 7.15. The van der Waals surface area contributed by atoms with Gasteiger partial charge in [0.2, 0.25) is 0 Å². The number of thiazole rings is 1. The molecular weight excluding hydrogens is 328 g/mol. The third kappa shape index (κ3) is 2.85. The Bertz CT molecular complexity index is 930. The van der Waals surface area contributed by atoms with Crippen molar-refractivity contribution in [3.8, 4) is 0 Å². The van der Waals surface area contributed by atoms with E-state index in [0.29, 0.717) is 25.5 Å². The van der Waals surface area contributed by atoms with E-state index >= 15 is 0 Å². The summed E-state index contributed by atoms with van der Waals surface area (Å²) in [6.07, 6.45) is -0.155. The molecule has 24 heavy (non-hydrogen) atoms. The summed E-state index contributed by atoms with van der Waals surface area (Å²) in [5.41, 5.74) is 1.68. The molecular formula is C15H18N6O2S. The second-order valence-corrected chi connectivity index (χ2v) is 6.79. The fourth-order valence-corrected chi connectivity index (χ4v) is 3.81. The molecule has 0 bridgehead atoms. The molecule has 0 aromatic carbocycles. The SMILES string of the molecule is Cc1nc([C@H]2CN(Cc3cc(=O)n4c(C)csc4n3)CCO2)n[nH]1. The van der Waals surface area contributed by atoms with E-state index < -0.39 is 0 Å². The van der Waals surface area contributed by atoms with Crippen molar-refractivity contribution < 1.29 is 4.74 Å². The van der Waals surface area contributed by atoms with Gasteiger partial charge in [0.1, 0.15) is 11.9 Å². The first-order valence-electron chi connectivity index (χ1n) is 7.80. The average Bonchev–Trinajstić information content (AvgIpc) is 3.14. The van der Waals surface area contributed by atoms with E-state index in [1.807, 2.05) is 19.2 Å². The summed E-state index contributed by atoms with van der Waals surface area (Å²) in [7, 11) is 0. The largest absolute Gasteiger partial charge is 0.367 e. The Hall–Kier alpha value is -2.10. The van der Waals surface area contributed by atoms with Gasteiger partial charge in [-0.3, -0.25) is 19.2 Å². The van der Waals surface area contributed by atoms with Crippen LogP contribution in [-0.2, 0) is 11.3 Å². The van der Waals surface area contributed by atoms with Gasteiger partial charge in [-0.1, -0.05) is 0 Å². The number of rotatable bonds is 3. The molecule has 4 heterocycles. The van der Waals surface area contributed by atoms with Crippen molar-refractivity contribution in [1.82, 2.24) is 29.5 Å². The zero-order valence-corrected chi connectivity index (χ0v) is 14.3. The number of nitrogens with one attached hydrogen (secondary N) is 1. The maximum atomic E-state index is 12.3. The molecule has 1 atom stereocenters. The van der Waals surface area contributed by atoms with Gasteiger partial charge >= 0.3 is 0 Å². The Kier molecular flexibility index (Phi) is 3.91. The minimum atomic E-state index is -0.155. The van der Waals surface area contributed by atoms with Crippen LogP contribution in [0.1, 0.15) is 29.1 Å². The number of hydrogen-bond donors (Lipinski definition) is 1. The van der Waals surface area contributed by atoms with Crippen LogP contribution in [0, 0.1) is 13.8 Å². The molecule has 0 amide bonds. The van der Waals surface area contributed by atoms with Gasteiger partial charge in [-0.15, -0.1) is 11.3 Å². The van der Waals surface area contributed by atoms with Crippen molar-refractivity contribution >= 4 is 16.3 Å². The molecule has 1 fully saturated rings. The van der Waals surface area contributed by atoms with Crippen LogP contribution in [0.15, 0.2) is 16.2 Å².